The molecule has 0 spiro atoms. The largest absolute Gasteiger partial charge is 0.479 e. The zero-order valence-corrected chi connectivity index (χ0v) is 9.27. The van der Waals surface area contributed by atoms with E-state index in [0.29, 0.717) is 0 Å². The number of hydrogen-bond donors (Lipinski definition) is 3. The number of halogens is 3. The molecule has 100 valence electrons. The second-order valence-corrected chi connectivity index (χ2v) is 3.80. The normalized spacial score (nSPS) is 15.2. The van der Waals surface area contributed by atoms with Crippen molar-refractivity contribution in [2.24, 2.45) is 0 Å². The summed E-state index contributed by atoms with van der Waals surface area (Å²) >= 11 is 0. The number of hydrogen-bond acceptors (Lipinski definition) is 3. The fraction of sp³-hybridized carbons (Fsp3) is 0.364. The number of aliphatic hydroxyl groups is 2. The first-order valence-electron chi connectivity index (χ1n) is 4.91. The molecular formula is C11H11F3O4. The minimum absolute atomic E-state index is 0.0876. The maximum Gasteiger partial charge on any atom is 0.416 e. The highest BCUT2D eigenvalue weighted by Crippen LogP contribution is 2.33. The molecule has 2 atom stereocenters. The Morgan fingerprint density at radius 3 is 2.22 bits per heavy atom. The van der Waals surface area contributed by atoms with Gasteiger partial charge in [-0.15, -0.1) is 0 Å². The summed E-state index contributed by atoms with van der Waals surface area (Å²) in [6.07, 6.45) is -8.37. The van der Waals surface area contributed by atoms with Crippen LogP contribution in [0.4, 0.5) is 13.2 Å². The first-order valence-corrected chi connectivity index (χ1v) is 4.91. The van der Waals surface area contributed by atoms with Gasteiger partial charge in [0.05, 0.1) is 5.56 Å². The summed E-state index contributed by atoms with van der Waals surface area (Å²) in [5.74, 6) is -1.65. The molecule has 0 aromatic heterocycles. The SMILES string of the molecule is Cc1cc(C(O)C(O)C(=O)O)ccc1C(F)(F)F. The Kier molecular flexibility index (Phi) is 3.98. The van der Waals surface area contributed by atoms with Gasteiger partial charge in [-0.2, -0.15) is 13.2 Å². The quantitative estimate of drug-likeness (QED) is 0.773. The van der Waals surface area contributed by atoms with Crippen LogP contribution in [-0.2, 0) is 11.0 Å². The lowest BCUT2D eigenvalue weighted by molar-refractivity contribution is -0.153. The van der Waals surface area contributed by atoms with Crippen LogP contribution in [0.2, 0.25) is 0 Å². The summed E-state index contributed by atoms with van der Waals surface area (Å²) < 4.78 is 37.4. The molecule has 0 aliphatic heterocycles. The Balaban J connectivity index is 3.08. The lowest BCUT2D eigenvalue weighted by atomic mass is 9.99. The molecule has 0 aliphatic carbocycles. The van der Waals surface area contributed by atoms with Gasteiger partial charge in [-0.1, -0.05) is 12.1 Å². The van der Waals surface area contributed by atoms with Crippen molar-refractivity contribution in [3.05, 3.63) is 34.9 Å². The number of benzene rings is 1. The monoisotopic (exact) mass is 264 g/mol. The Morgan fingerprint density at radius 1 is 1.28 bits per heavy atom. The molecule has 7 heteroatoms. The van der Waals surface area contributed by atoms with Gasteiger partial charge in [0.2, 0.25) is 0 Å². The van der Waals surface area contributed by atoms with E-state index in [2.05, 4.69) is 0 Å². The lowest BCUT2D eigenvalue weighted by Gasteiger charge is -2.17. The molecule has 1 rings (SSSR count). The third-order valence-corrected chi connectivity index (χ3v) is 2.45. The van der Waals surface area contributed by atoms with Crippen LogP contribution < -0.4 is 0 Å². The van der Waals surface area contributed by atoms with Crippen LogP contribution in [0.1, 0.15) is 22.8 Å². The van der Waals surface area contributed by atoms with Crippen LogP contribution >= 0.6 is 0 Å². The Hall–Kier alpha value is -1.60. The third-order valence-electron chi connectivity index (χ3n) is 2.45. The zero-order chi connectivity index (χ0) is 14.1. The Bertz CT molecular complexity index is 456. The van der Waals surface area contributed by atoms with Crippen LogP contribution in [-0.4, -0.2) is 27.4 Å². The maximum atomic E-state index is 12.5. The molecule has 1 aromatic carbocycles. The van der Waals surface area contributed by atoms with Crippen molar-refractivity contribution >= 4 is 5.97 Å². The second kappa shape index (κ2) is 4.95. The van der Waals surface area contributed by atoms with E-state index in [9.17, 15) is 23.1 Å². The summed E-state index contributed by atoms with van der Waals surface area (Å²) in [7, 11) is 0. The molecule has 0 amide bonds. The minimum atomic E-state index is -4.51. The molecule has 2 unspecified atom stereocenters. The van der Waals surface area contributed by atoms with E-state index in [1.807, 2.05) is 0 Å². The fourth-order valence-electron chi connectivity index (χ4n) is 1.51. The number of alkyl halides is 3. The number of carbonyl (C=O) groups is 1. The van der Waals surface area contributed by atoms with Crippen molar-refractivity contribution in [2.45, 2.75) is 25.3 Å². The summed E-state index contributed by atoms with van der Waals surface area (Å²) in [5.41, 5.74) is -1.12. The number of aliphatic carboxylic acids is 1. The molecule has 0 bridgehead atoms. The van der Waals surface area contributed by atoms with Gasteiger partial charge < -0.3 is 15.3 Å². The number of carboxylic acids is 1. The highest BCUT2D eigenvalue weighted by atomic mass is 19.4. The molecule has 0 aliphatic rings. The van der Waals surface area contributed by atoms with Crippen molar-refractivity contribution in [1.29, 1.82) is 0 Å². The number of carboxylic acid groups (broad SMARTS) is 1. The molecule has 4 nitrogen and oxygen atoms in total. The molecule has 0 heterocycles. The van der Waals surface area contributed by atoms with Crippen molar-refractivity contribution in [1.82, 2.24) is 0 Å². The van der Waals surface area contributed by atoms with Gasteiger partial charge in [-0.05, 0) is 24.1 Å². The standard InChI is InChI=1S/C11H11F3O4/c1-5-4-6(8(15)9(16)10(17)18)2-3-7(5)11(12,13)14/h2-4,8-9,15-16H,1H3,(H,17,18). The summed E-state index contributed by atoms with van der Waals surface area (Å²) in [6, 6.07) is 2.68. The lowest BCUT2D eigenvalue weighted by Crippen LogP contribution is -2.27. The van der Waals surface area contributed by atoms with Gasteiger partial charge in [0.25, 0.3) is 0 Å². The van der Waals surface area contributed by atoms with Crippen LogP contribution in [0, 0.1) is 6.92 Å². The first-order chi connectivity index (χ1) is 8.14. The number of aliphatic hydroxyl groups excluding tert-OH is 2. The molecule has 0 saturated heterocycles. The summed E-state index contributed by atoms with van der Waals surface area (Å²) in [6.45, 7) is 1.19. The van der Waals surface area contributed by atoms with E-state index in [1.165, 1.54) is 6.92 Å². The van der Waals surface area contributed by atoms with Crippen molar-refractivity contribution < 1.29 is 33.3 Å². The Labute approximate surface area is 100 Å². The smallest absolute Gasteiger partial charge is 0.416 e. The van der Waals surface area contributed by atoms with Crippen molar-refractivity contribution in [2.75, 3.05) is 0 Å². The molecule has 3 N–H and O–H groups in total. The van der Waals surface area contributed by atoms with Gasteiger partial charge in [-0.25, -0.2) is 4.79 Å². The molecule has 0 fully saturated rings. The maximum absolute atomic E-state index is 12.5. The van der Waals surface area contributed by atoms with Gasteiger partial charge in [0.1, 0.15) is 6.10 Å². The predicted molar refractivity (Wildman–Crippen MR) is 54.8 cm³/mol. The molecule has 0 radical (unpaired) electrons. The van der Waals surface area contributed by atoms with Gasteiger partial charge >= 0.3 is 12.1 Å². The van der Waals surface area contributed by atoms with Crippen molar-refractivity contribution in [3.8, 4) is 0 Å². The van der Waals surface area contributed by atoms with Crippen molar-refractivity contribution in [3.63, 3.8) is 0 Å². The number of aryl methyl sites for hydroxylation is 1. The van der Waals surface area contributed by atoms with E-state index in [0.717, 1.165) is 18.2 Å². The van der Waals surface area contributed by atoms with Crippen LogP contribution in [0.15, 0.2) is 18.2 Å². The van der Waals surface area contributed by atoms with Crippen LogP contribution in [0.3, 0.4) is 0 Å². The van der Waals surface area contributed by atoms with E-state index in [-0.39, 0.29) is 11.1 Å². The highest BCUT2D eigenvalue weighted by Gasteiger charge is 2.33. The summed E-state index contributed by atoms with van der Waals surface area (Å²) in [5, 5.41) is 27.0. The first kappa shape index (κ1) is 14.5. The third kappa shape index (κ3) is 2.99. The highest BCUT2D eigenvalue weighted by molar-refractivity contribution is 5.73. The van der Waals surface area contributed by atoms with Gasteiger partial charge in [0.15, 0.2) is 6.10 Å². The predicted octanol–water partition coefficient (Wildman–Crippen LogP) is 1.49. The topological polar surface area (TPSA) is 77.8 Å². The average molecular weight is 264 g/mol. The van der Waals surface area contributed by atoms with Gasteiger partial charge in [-0.3, -0.25) is 0 Å². The van der Waals surface area contributed by atoms with E-state index >= 15 is 0 Å². The summed E-state index contributed by atoms with van der Waals surface area (Å²) in [4.78, 5) is 10.4. The Morgan fingerprint density at radius 2 is 1.83 bits per heavy atom. The zero-order valence-electron chi connectivity index (χ0n) is 9.27. The minimum Gasteiger partial charge on any atom is -0.479 e. The second-order valence-electron chi connectivity index (χ2n) is 3.80. The molecule has 0 saturated carbocycles. The molecular weight excluding hydrogens is 253 g/mol. The van der Waals surface area contributed by atoms with Gasteiger partial charge in [0, 0.05) is 0 Å². The fourth-order valence-corrected chi connectivity index (χ4v) is 1.51. The number of rotatable bonds is 3. The van der Waals surface area contributed by atoms with E-state index in [1.54, 1.807) is 0 Å². The van der Waals surface area contributed by atoms with Crippen LogP contribution in [0.5, 0.6) is 0 Å². The van der Waals surface area contributed by atoms with Crippen LogP contribution in [0.25, 0.3) is 0 Å². The van der Waals surface area contributed by atoms with E-state index in [4.69, 9.17) is 10.2 Å². The molecule has 18 heavy (non-hydrogen) atoms. The molecule has 1 aromatic rings. The average Bonchev–Trinajstić information content (AvgIpc) is 2.24. The van der Waals surface area contributed by atoms with E-state index < -0.39 is 29.9 Å².